The molecule has 0 aliphatic rings. The minimum absolute atomic E-state index is 0.684. The van der Waals surface area contributed by atoms with Crippen LogP contribution in [0.4, 0.5) is 0 Å². The van der Waals surface area contributed by atoms with Crippen LogP contribution < -0.4 is 4.57 Å². The van der Waals surface area contributed by atoms with Crippen molar-refractivity contribution in [2.45, 2.75) is 0 Å². The van der Waals surface area contributed by atoms with E-state index in [-0.39, 0.29) is 0 Å². The van der Waals surface area contributed by atoms with E-state index in [1.807, 2.05) is 54.3 Å². The molecule has 18 heavy (non-hydrogen) atoms. The van der Waals surface area contributed by atoms with E-state index in [1.165, 1.54) is 0 Å². The van der Waals surface area contributed by atoms with E-state index in [0.717, 1.165) is 16.7 Å². The number of aryl methyl sites for hydroxylation is 1. The van der Waals surface area contributed by atoms with Crippen LogP contribution in [-0.2, 0) is 7.05 Å². The Morgan fingerprint density at radius 2 is 1.89 bits per heavy atom. The van der Waals surface area contributed by atoms with Gasteiger partial charge < -0.3 is 0 Å². The lowest BCUT2D eigenvalue weighted by molar-refractivity contribution is -0.645. The predicted molar refractivity (Wildman–Crippen MR) is 69.2 cm³/mol. The zero-order valence-corrected chi connectivity index (χ0v) is 10.0. The number of nitrogens with zero attached hydrogens (tertiary/aromatic N) is 3. The quantitative estimate of drug-likeness (QED) is 0.595. The van der Waals surface area contributed by atoms with E-state index in [0.29, 0.717) is 5.56 Å². The van der Waals surface area contributed by atoms with E-state index >= 15 is 0 Å². The molecule has 0 bridgehead atoms. The molecule has 1 aromatic heterocycles. The first kappa shape index (κ1) is 10.5. The van der Waals surface area contributed by atoms with Crippen molar-refractivity contribution in [2.75, 3.05) is 0 Å². The molecule has 0 amide bonds. The van der Waals surface area contributed by atoms with Gasteiger partial charge in [0.15, 0.2) is 11.0 Å². The second kappa shape index (κ2) is 4.01. The zero-order valence-electron chi connectivity index (χ0n) is 10.0. The Morgan fingerprint density at radius 1 is 1.11 bits per heavy atom. The summed E-state index contributed by atoms with van der Waals surface area (Å²) in [5.41, 5.74) is 3.96. The van der Waals surface area contributed by atoms with Crippen molar-refractivity contribution in [2.24, 2.45) is 7.05 Å². The van der Waals surface area contributed by atoms with Gasteiger partial charge in [0.25, 0.3) is 0 Å². The Bertz CT molecular complexity index is 748. The Hall–Kier alpha value is -2.60. The van der Waals surface area contributed by atoms with Gasteiger partial charge in [0.2, 0.25) is 6.33 Å². The molecular weight excluding hydrogens is 222 g/mol. The number of hydrogen-bond acceptors (Lipinski definition) is 1. The lowest BCUT2D eigenvalue weighted by atomic mass is 10.2. The van der Waals surface area contributed by atoms with Gasteiger partial charge in [-0.15, -0.1) is 0 Å². The fourth-order valence-corrected chi connectivity index (χ4v) is 2.17. The number of aromatic nitrogens is 2. The molecule has 0 aliphatic heterocycles. The Kier molecular flexibility index (Phi) is 2.35. The number of rotatable bonds is 1. The summed E-state index contributed by atoms with van der Waals surface area (Å²) < 4.78 is 4.15. The molecule has 0 aliphatic carbocycles. The molecule has 0 spiro atoms. The average molecular weight is 234 g/mol. The third-order valence-electron chi connectivity index (χ3n) is 3.07. The molecule has 1 heterocycles. The van der Waals surface area contributed by atoms with Gasteiger partial charge in [0, 0.05) is 6.07 Å². The maximum atomic E-state index is 8.95. The second-order valence-electron chi connectivity index (χ2n) is 4.25. The second-order valence-corrected chi connectivity index (χ2v) is 4.25. The van der Waals surface area contributed by atoms with Gasteiger partial charge in [-0.05, 0) is 24.3 Å². The summed E-state index contributed by atoms with van der Waals surface area (Å²) in [6.07, 6.45) is 2.03. The highest BCUT2D eigenvalue weighted by molar-refractivity contribution is 5.75. The summed E-state index contributed by atoms with van der Waals surface area (Å²) in [4.78, 5) is 0. The number of para-hydroxylation sites is 1. The highest BCUT2D eigenvalue weighted by Gasteiger charge is 2.14. The molecular formula is C15H12N3+. The Labute approximate surface area is 105 Å². The molecule has 86 valence electrons. The molecule has 0 saturated carbocycles. The molecule has 2 aromatic carbocycles. The molecule has 0 atom stereocenters. The molecule has 3 rings (SSSR count). The molecule has 0 saturated heterocycles. The maximum Gasteiger partial charge on any atom is 0.249 e. The topological polar surface area (TPSA) is 32.6 Å². The number of hydrogen-bond donors (Lipinski definition) is 0. The summed E-state index contributed by atoms with van der Waals surface area (Å²) >= 11 is 0. The summed E-state index contributed by atoms with van der Waals surface area (Å²) in [5, 5.41) is 8.95. The lowest BCUT2D eigenvalue weighted by Crippen LogP contribution is -2.25. The molecule has 3 heteroatoms. The highest BCUT2D eigenvalue weighted by Crippen LogP contribution is 2.17. The first-order valence-corrected chi connectivity index (χ1v) is 5.76. The Balaban J connectivity index is 2.30. The minimum atomic E-state index is 0.684. The normalized spacial score (nSPS) is 10.4. The van der Waals surface area contributed by atoms with Crippen molar-refractivity contribution in [3.05, 3.63) is 60.4 Å². The van der Waals surface area contributed by atoms with Crippen LogP contribution in [0.25, 0.3) is 16.7 Å². The van der Waals surface area contributed by atoms with E-state index in [2.05, 4.69) is 22.8 Å². The van der Waals surface area contributed by atoms with Gasteiger partial charge in [-0.25, -0.2) is 4.57 Å². The van der Waals surface area contributed by atoms with E-state index < -0.39 is 0 Å². The summed E-state index contributed by atoms with van der Waals surface area (Å²) in [6, 6.07) is 18.1. The van der Waals surface area contributed by atoms with Crippen LogP contribution in [0, 0.1) is 11.3 Å². The number of imidazole rings is 1. The van der Waals surface area contributed by atoms with Crippen molar-refractivity contribution in [3.8, 4) is 11.8 Å². The highest BCUT2D eigenvalue weighted by atomic mass is 15.1. The van der Waals surface area contributed by atoms with Crippen molar-refractivity contribution in [1.82, 2.24) is 4.57 Å². The van der Waals surface area contributed by atoms with Crippen LogP contribution in [0.1, 0.15) is 5.56 Å². The van der Waals surface area contributed by atoms with Gasteiger partial charge >= 0.3 is 0 Å². The van der Waals surface area contributed by atoms with Crippen LogP contribution in [-0.4, -0.2) is 4.57 Å². The Morgan fingerprint density at radius 3 is 2.61 bits per heavy atom. The average Bonchev–Trinajstić information content (AvgIpc) is 2.77. The fourth-order valence-electron chi connectivity index (χ4n) is 2.17. The maximum absolute atomic E-state index is 8.95. The third-order valence-corrected chi connectivity index (χ3v) is 3.07. The lowest BCUT2D eigenvalue weighted by Gasteiger charge is -1.95. The van der Waals surface area contributed by atoms with Crippen LogP contribution in [0.15, 0.2) is 54.9 Å². The molecule has 0 fully saturated rings. The zero-order chi connectivity index (χ0) is 12.5. The van der Waals surface area contributed by atoms with Crippen LogP contribution in [0.3, 0.4) is 0 Å². The molecule has 0 radical (unpaired) electrons. The molecule has 0 N–H and O–H groups in total. The third kappa shape index (κ3) is 1.56. The van der Waals surface area contributed by atoms with Crippen LogP contribution >= 0.6 is 0 Å². The number of fused-ring (bicyclic) bond motifs is 1. The summed E-state index contributed by atoms with van der Waals surface area (Å²) in [6.45, 7) is 0. The summed E-state index contributed by atoms with van der Waals surface area (Å²) in [5.74, 6) is 0. The fraction of sp³-hybridized carbons (Fsp3) is 0.0667. The van der Waals surface area contributed by atoms with Crippen molar-refractivity contribution in [3.63, 3.8) is 0 Å². The number of benzene rings is 2. The van der Waals surface area contributed by atoms with Crippen molar-refractivity contribution in [1.29, 1.82) is 5.26 Å². The predicted octanol–water partition coefficient (Wildman–Crippen LogP) is 2.33. The van der Waals surface area contributed by atoms with Gasteiger partial charge in [-0.3, -0.25) is 0 Å². The van der Waals surface area contributed by atoms with Crippen molar-refractivity contribution >= 4 is 11.0 Å². The smallest absolute Gasteiger partial charge is 0.232 e. The van der Waals surface area contributed by atoms with E-state index in [1.54, 1.807) is 0 Å². The van der Waals surface area contributed by atoms with E-state index in [4.69, 9.17) is 5.26 Å². The molecule has 3 nitrogen and oxygen atoms in total. The van der Waals surface area contributed by atoms with E-state index in [9.17, 15) is 0 Å². The molecule has 0 unspecified atom stereocenters. The molecule has 3 aromatic rings. The van der Waals surface area contributed by atoms with Crippen LogP contribution in [0.2, 0.25) is 0 Å². The van der Waals surface area contributed by atoms with Gasteiger partial charge in [-0.2, -0.15) is 9.83 Å². The van der Waals surface area contributed by atoms with Gasteiger partial charge in [0.1, 0.15) is 5.69 Å². The monoisotopic (exact) mass is 234 g/mol. The minimum Gasteiger partial charge on any atom is -0.232 e. The summed E-state index contributed by atoms with van der Waals surface area (Å²) in [7, 11) is 1.99. The standard InChI is InChI=1S/C15H12N3/c1-17-11-18(13-5-3-2-4-6-13)14-8-7-12(10-16)9-15(14)17/h2-9,11H,1H3/q+1. The SMILES string of the molecule is C[n+]1cn(-c2ccccc2)c2ccc(C#N)cc21. The van der Waals surface area contributed by atoms with Crippen LogP contribution in [0.5, 0.6) is 0 Å². The van der Waals surface area contributed by atoms with Gasteiger partial charge in [0.05, 0.1) is 18.7 Å². The van der Waals surface area contributed by atoms with Crippen molar-refractivity contribution < 1.29 is 4.57 Å². The number of nitriles is 1. The van der Waals surface area contributed by atoms with Gasteiger partial charge in [-0.1, -0.05) is 18.2 Å². The largest absolute Gasteiger partial charge is 0.249 e. The first-order chi connectivity index (χ1) is 8.79. The first-order valence-electron chi connectivity index (χ1n) is 5.76.